The zero-order chi connectivity index (χ0) is 15.8. The molecule has 0 aliphatic carbocycles. The highest BCUT2D eigenvalue weighted by Gasteiger charge is 2.11. The van der Waals surface area contributed by atoms with Crippen LogP contribution in [0.4, 0.5) is 10.2 Å². The largest absolute Gasteiger partial charge is 0.363 e. The number of nitrogens with one attached hydrogen (secondary N) is 1. The predicted octanol–water partition coefficient (Wildman–Crippen LogP) is 2.73. The molecule has 0 fully saturated rings. The molecule has 0 amide bonds. The molecule has 2 aromatic carbocycles. The van der Waals surface area contributed by atoms with E-state index in [1.54, 1.807) is 16.6 Å². The van der Waals surface area contributed by atoms with Crippen molar-refractivity contribution in [2.24, 2.45) is 0 Å². The molecule has 0 radical (unpaired) electrons. The van der Waals surface area contributed by atoms with Gasteiger partial charge in [0.15, 0.2) is 5.82 Å². The highest BCUT2D eigenvalue weighted by atomic mass is 19.1. The minimum atomic E-state index is -0.253. The van der Waals surface area contributed by atoms with Crippen molar-refractivity contribution in [3.05, 3.63) is 59.4 Å². The number of nitrogens with zero attached hydrogens (tertiary/aromatic N) is 5. The predicted molar refractivity (Wildman–Crippen MR) is 84.5 cm³/mol. The fourth-order valence-corrected chi connectivity index (χ4v) is 2.47. The molecule has 0 aliphatic rings. The van der Waals surface area contributed by atoms with E-state index in [9.17, 15) is 4.39 Å². The molecule has 4 rings (SSSR count). The molecule has 7 heteroatoms. The number of benzene rings is 2. The summed E-state index contributed by atoms with van der Waals surface area (Å²) in [6, 6.07) is 12.3. The van der Waals surface area contributed by atoms with Crippen molar-refractivity contribution in [2.45, 2.75) is 13.5 Å². The molecule has 0 spiro atoms. The van der Waals surface area contributed by atoms with Gasteiger partial charge in [-0.25, -0.2) is 9.37 Å². The molecule has 23 heavy (non-hydrogen) atoms. The summed E-state index contributed by atoms with van der Waals surface area (Å²) in [4.78, 5) is 4.60. The van der Waals surface area contributed by atoms with Crippen LogP contribution in [-0.4, -0.2) is 25.0 Å². The SMILES string of the molecule is Cc1ccc2nc(NCc3ccc(F)cc3)c3nnnn3c2c1. The molecule has 2 aromatic heterocycles. The van der Waals surface area contributed by atoms with Crippen LogP contribution in [0.2, 0.25) is 0 Å². The van der Waals surface area contributed by atoms with E-state index < -0.39 is 0 Å². The quantitative estimate of drug-likeness (QED) is 0.630. The average molecular weight is 308 g/mol. The van der Waals surface area contributed by atoms with Gasteiger partial charge >= 0.3 is 0 Å². The van der Waals surface area contributed by atoms with Crippen molar-refractivity contribution in [3.8, 4) is 0 Å². The first-order valence-electron chi connectivity index (χ1n) is 7.17. The standard InChI is InChI=1S/C16H13FN6/c1-10-2-7-13-14(8-10)23-16(20-21-22-23)15(19-13)18-9-11-3-5-12(17)6-4-11/h2-8H,9H2,1H3,(H,18,19). The number of halogens is 1. The van der Waals surface area contributed by atoms with E-state index in [4.69, 9.17) is 0 Å². The van der Waals surface area contributed by atoms with Crippen LogP contribution in [0, 0.1) is 12.7 Å². The van der Waals surface area contributed by atoms with E-state index in [-0.39, 0.29) is 5.82 Å². The molecule has 6 nitrogen and oxygen atoms in total. The zero-order valence-electron chi connectivity index (χ0n) is 12.4. The lowest BCUT2D eigenvalue weighted by atomic mass is 10.2. The van der Waals surface area contributed by atoms with E-state index in [2.05, 4.69) is 25.8 Å². The maximum atomic E-state index is 13.0. The fourth-order valence-electron chi connectivity index (χ4n) is 2.47. The molecule has 0 aliphatic heterocycles. The molecule has 2 heterocycles. The molecule has 0 bridgehead atoms. The second-order valence-electron chi connectivity index (χ2n) is 5.35. The van der Waals surface area contributed by atoms with Crippen LogP contribution >= 0.6 is 0 Å². The summed E-state index contributed by atoms with van der Waals surface area (Å²) < 4.78 is 14.6. The Bertz CT molecular complexity index is 993. The lowest BCUT2D eigenvalue weighted by Gasteiger charge is -2.08. The summed E-state index contributed by atoms with van der Waals surface area (Å²) in [7, 11) is 0. The van der Waals surface area contributed by atoms with Crippen molar-refractivity contribution in [1.29, 1.82) is 0 Å². The van der Waals surface area contributed by atoms with Gasteiger partial charge in [-0.05, 0) is 52.7 Å². The third-order valence-corrected chi connectivity index (χ3v) is 3.65. The van der Waals surface area contributed by atoms with Crippen molar-refractivity contribution >= 4 is 22.5 Å². The molecule has 1 N–H and O–H groups in total. The number of aryl methyl sites for hydroxylation is 1. The molecular weight excluding hydrogens is 295 g/mol. The number of rotatable bonds is 3. The van der Waals surface area contributed by atoms with Crippen LogP contribution in [0.15, 0.2) is 42.5 Å². The van der Waals surface area contributed by atoms with Crippen LogP contribution in [-0.2, 0) is 6.54 Å². The lowest BCUT2D eigenvalue weighted by molar-refractivity contribution is 0.627. The average Bonchev–Trinajstić information content (AvgIpc) is 3.04. The van der Waals surface area contributed by atoms with E-state index >= 15 is 0 Å². The second kappa shape index (κ2) is 5.28. The van der Waals surface area contributed by atoms with E-state index in [0.717, 1.165) is 22.2 Å². The Morgan fingerprint density at radius 1 is 1.13 bits per heavy atom. The molecular formula is C16H13FN6. The van der Waals surface area contributed by atoms with Crippen molar-refractivity contribution in [1.82, 2.24) is 25.0 Å². The van der Waals surface area contributed by atoms with Crippen LogP contribution in [0.5, 0.6) is 0 Å². The second-order valence-corrected chi connectivity index (χ2v) is 5.35. The zero-order valence-corrected chi connectivity index (χ0v) is 12.4. The molecule has 0 unspecified atom stereocenters. The Morgan fingerprint density at radius 2 is 1.96 bits per heavy atom. The van der Waals surface area contributed by atoms with Gasteiger partial charge in [-0.1, -0.05) is 18.2 Å². The van der Waals surface area contributed by atoms with Gasteiger partial charge in [-0.2, -0.15) is 4.52 Å². The van der Waals surface area contributed by atoms with Crippen LogP contribution in [0.25, 0.3) is 16.7 Å². The Kier molecular flexibility index (Phi) is 3.11. The Labute approximate surface area is 131 Å². The maximum absolute atomic E-state index is 13.0. The number of hydrogen-bond acceptors (Lipinski definition) is 5. The third-order valence-electron chi connectivity index (χ3n) is 3.65. The van der Waals surface area contributed by atoms with Gasteiger partial charge in [0, 0.05) is 6.54 Å². The first kappa shape index (κ1) is 13.6. The smallest absolute Gasteiger partial charge is 0.222 e. The number of anilines is 1. The van der Waals surface area contributed by atoms with Gasteiger partial charge in [-0.15, -0.1) is 5.10 Å². The van der Waals surface area contributed by atoms with Crippen molar-refractivity contribution in [3.63, 3.8) is 0 Å². The Morgan fingerprint density at radius 3 is 2.78 bits per heavy atom. The maximum Gasteiger partial charge on any atom is 0.222 e. The summed E-state index contributed by atoms with van der Waals surface area (Å²) >= 11 is 0. The summed E-state index contributed by atoms with van der Waals surface area (Å²) in [5.74, 6) is 0.340. The van der Waals surface area contributed by atoms with Gasteiger partial charge in [0.05, 0.1) is 11.0 Å². The number of tetrazole rings is 1. The monoisotopic (exact) mass is 308 g/mol. The van der Waals surface area contributed by atoms with E-state index in [0.29, 0.717) is 18.0 Å². The summed E-state index contributed by atoms with van der Waals surface area (Å²) in [5.41, 5.74) is 4.28. The summed E-state index contributed by atoms with van der Waals surface area (Å²) in [5, 5.41) is 15.0. The van der Waals surface area contributed by atoms with Gasteiger partial charge in [0.1, 0.15) is 5.82 Å². The minimum absolute atomic E-state index is 0.253. The van der Waals surface area contributed by atoms with Crippen LogP contribution in [0.1, 0.15) is 11.1 Å². The van der Waals surface area contributed by atoms with E-state index in [1.807, 2.05) is 25.1 Å². The Balaban J connectivity index is 1.75. The van der Waals surface area contributed by atoms with Gasteiger partial charge in [0.2, 0.25) is 5.65 Å². The lowest BCUT2D eigenvalue weighted by Crippen LogP contribution is -2.05. The Hall–Kier alpha value is -3.09. The van der Waals surface area contributed by atoms with Crippen molar-refractivity contribution < 1.29 is 4.39 Å². The van der Waals surface area contributed by atoms with Crippen LogP contribution in [0.3, 0.4) is 0 Å². The number of aromatic nitrogens is 5. The minimum Gasteiger partial charge on any atom is -0.363 e. The molecule has 4 aromatic rings. The van der Waals surface area contributed by atoms with Gasteiger partial charge in [0.25, 0.3) is 0 Å². The summed E-state index contributed by atoms with van der Waals surface area (Å²) in [6.45, 7) is 2.52. The fraction of sp³-hybridized carbons (Fsp3) is 0.125. The molecule has 0 saturated carbocycles. The first-order valence-corrected chi connectivity index (χ1v) is 7.17. The normalized spacial score (nSPS) is 11.2. The first-order chi connectivity index (χ1) is 11.2. The third kappa shape index (κ3) is 2.46. The molecule has 0 saturated heterocycles. The van der Waals surface area contributed by atoms with Crippen LogP contribution < -0.4 is 5.32 Å². The van der Waals surface area contributed by atoms with Crippen molar-refractivity contribution in [2.75, 3.05) is 5.32 Å². The topological polar surface area (TPSA) is 68.0 Å². The summed E-state index contributed by atoms with van der Waals surface area (Å²) in [6.07, 6.45) is 0. The van der Waals surface area contributed by atoms with Gasteiger partial charge < -0.3 is 5.32 Å². The number of hydrogen-bond donors (Lipinski definition) is 1. The number of fused-ring (bicyclic) bond motifs is 3. The highest BCUT2D eigenvalue weighted by Crippen LogP contribution is 2.20. The molecule has 114 valence electrons. The molecule has 0 atom stereocenters. The van der Waals surface area contributed by atoms with Gasteiger partial charge in [-0.3, -0.25) is 0 Å². The van der Waals surface area contributed by atoms with E-state index in [1.165, 1.54) is 12.1 Å². The highest BCUT2D eigenvalue weighted by molar-refractivity contribution is 5.82.